The zero-order valence-electron chi connectivity index (χ0n) is 10.8. The first-order valence-electron chi connectivity index (χ1n) is 5.92. The normalized spacial score (nSPS) is 10.6. The summed E-state index contributed by atoms with van der Waals surface area (Å²) in [5.74, 6) is 0.834. The molecule has 2 N–H and O–H groups in total. The Morgan fingerprint density at radius 3 is 2.80 bits per heavy atom. The van der Waals surface area contributed by atoms with E-state index in [2.05, 4.69) is 25.9 Å². The number of halogens is 2. The highest BCUT2D eigenvalue weighted by atomic mass is 79.9. The zero-order chi connectivity index (χ0) is 14.5. The van der Waals surface area contributed by atoms with Crippen LogP contribution in [0, 0.1) is 5.82 Å². The molecule has 0 bridgehead atoms. The number of nitrogens with zero attached hydrogens (tertiary/aromatic N) is 2. The minimum absolute atomic E-state index is 0.243. The number of anilines is 1. The van der Waals surface area contributed by atoms with Crippen molar-refractivity contribution < 1.29 is 13.9 Å². The fraction of sp³-hybridized carbons (Fsp3) is 0.231. The van der Waals surface area contributed by atoms with Crippen LogP contribution in [0.15, 0.2) is 28.7 Å². The van der Waals surface area contributed by atoms with Crippen LogP contribution in [0.3, 0.4) is 0 Å². The van der Waals surface area contributed by atoms with Gasteiger partial charge >= 0.3 is 0 Å². The van der Waals surface area contributed by atoms with E-state index >= 15 is 0 Å². The highest BCUT2D eigenvalue weighted by Gasteiger charge is 2.07. The summed E-state index contributed by atoms with van der Waals surface area (Å²) in [6.07, 6.45) is 0. The Morgan fingerprint density at radius 2 is 2.10 bits per heavy atom. The Hall–Kier alpha value is -1.73. The molecule has 2 aromatic rings. The van der Waals surface area contributed by atoms with E-state index in [4.69, 9.17) is 15.2 Å². The van der Waals surface area contributed by atoms with E-state index in [0.717, 1.165) is 0 Å². The van der Waals surface area contributed by atoms with Gasteiger partial charge in [0.05, 0.1) is 4.47 Å². The van der Waals surface area contributed by atoms with E-state index in [0.29, 0.717) is 22.7 Å². The lowest BCUT2D eigenvalue weighted by molar-refractivity contribution is 0.128. The molecule has 0 unspecified atom stereocenters. The van der Waals surface area contributed by atoms with Gasteiger partial charge in [-0.1, -0.05) is 0 Å². The summed E-state index contributed by atoms with van der Waals surface area (Å²) in [7, 11) is 0. The summed E-state index contributed by atoms with van der Waals surface area (Å²) in [6, 6.07) is 5.89. The van der Waals surface area contributed by atoms with Gasteiger partial charge in [-0.05, 0) is 35.0 Å². The summed E-state index contributed by atoms with van der Waals surface area (Å²) in [5, 5.41) is 0. The highest BCUT2D eigenvalue weighted by molar-refractivity contribution is 9.10. The van der Waals surface area contributed by atoms with Crippen LogP contribution in [0.25, 0.3) is 0 Å². The van der Waals surface area contributed by atoms with Gasteiger partial charge in [-0.3, -0.25) is 0 Å². The first kappa shape index (κ1) is 14.7. The van der Waals surface area contributed by atoms with Crippen LogP contribution < -0.4 is 10.5 Å². The number of hydrogen-bond acceptors (Lipinski definition) is 5. The van der Waals surface area contributed by atoms with E-state index in [1.807, 2.05) is 6.92 Å². The number of ether oxygens (including phenoxy) is 2. The third-order valence-corrected chi connectivity index (χ3v) is 2.96. The molecular weight excluding hydrogens is 329 g/mol. The smallest absolute Gasteiger partial charge is 0.224 e. The molecule has 1 aromatic carbocycles. The fourth-order valence-corrected chi connectivity index (χ4v) is 1.71. The molecule has 0 saturated carbocycles. The second-order valence-electron chi connectivity index (χ2n) is 3.86. The van der Waals surface area contributed by atoms with Gasteiger partial charge in [0.2, 0.25) is 5.88 Å². The van der Waals surface area contributed by atoms with Gasteiger partial charge in [0.15, 0.2) is 5.82 Å². The molecule has 0 aliphatic rings. The standard InChI is InChI=1S/C13H13BrFN3O2/c1-2-19-7-12-17-11(16)6-13(18-12)20-8-3-4-9(14)10(15)5-8/h3-6H,2,7H2,1H3,(H2,16,17,18). The maximum atomic E-state index is 13.4. The molecule has 1 aromatic heterocycles. The fourth-order valence-electron chi connectivity index (χ4n) is 1.46. The Bertz CT molecular complexity index is 610. The Morgan fingerprint density at radius 1 is 1.30 bits per heavy atom. The molecule has 0 aliphatic carbocycles. The van der Waals surface area contributed by atoms with Crippen molar-refractivity contribution in [3.63, 3.8) is 0 Å². The van der Waals surface area contributed by atoms with Crippen molar-refractivity contribution in [3.05, 3.63) is 40.4 Å². The second kappa shape index (κ2) is 6.62. The Labute approximate surface area is 124 Å². The monoisotopic (exact) mass is 341 g/mol. The first-order valence-corrected chi connectivity index (χ1v) is 6.72. The number of aromatic nitrogens is 2. The van der Waals surface area contributed by atoms with Crippen LogP contribution in [0.2, 0.25) is 0 Å². The summed E-state index contributed by atoms with van der Waals surface area (Å²) >= 11 is 3.07. The van der Waals surface area contributed by atoms with Crippen molar-refractivity contribution in [1.82, 2.24) is 9.97 Å². The molecule has 0 atom stereocenters. The van der Waals surface area contributed by atoms with Crippen LogP contribution in [-0.2, 0) is 11.3 Å². The SMILES string of the molecule is CCOCc1nc(N)cc(Oc2ccc(Br)c(F)c2)n1. The lowest BCUT2D eigenvalue weighted by atomic mass is 10.3. The minimum Gasteiger partial charge on any atom is -0.439 e. The molecule has 1 heterocycles. The number of benzene rings is 1. The van der Waals surface area contributed by atoms with Crippen molar-refractivity contribution in [2.24, 2.45) is 0 Å². The van der Waals surface area contributed by atoms with Gasteiger partial charge in [0.1, 0.15) is 24.0 Å². The van der Waals surface area contributed by atoms with Gasteiger partial charge < -0.3 is 15.2 Å². The van der Waals surface area contributed by atoms with E-state index in [-0.39, 0.29) is 18.3 Å². The van der Waals surface area contributed by atoms with Crippen molar-refractivity contribution in [3.8, 4) is 11.6 Å². The van der Waals surface area contributed by atoms with Gasteiger partial charge in [-0.2, -0.15) is 4.98 Å². The third-order valence-electron chi connectivity index (χ3n) is 2.32. The van der Waals surface area contributed by atoms with Crippen LogP contribution in [-0.4, -0.2) is 16.6 Å². The number of nitrogen functional groups attached to an aromatic ring is 1. The largest absolute Gasteiger partial charge is 0.439 e. The Kier molecular flexibility index (Phi) is 4.86. The third kappa shape index (κ3) is 3.88. The molecule has 0 saturated heterocycles. The summed E-state index contributed by atoms with van der Waals surface area (Å²) in [5.41, 5.74) is 5.67. The molecule has 0 spiro atoms. The number of hydrogen-bond donors (Lipinski definition) is 1. The van der Waals surface area contributed by atoms with E-state index in [1.54, 1.807) is 12.1 Å². The molecule has 7 heteroatoms. The van der Waals surface area contributed by atoms with Crippen LogP contribution in [0.1, 0.15) is 12.7 Å². The highest BCUT2D eigenvalue weighted by Crippen LogP contribution is 2.25. The Balaban J connectivity index is 2.19. The molecule has 106 valence electrons. The summed E-state index contributed by atoms with van der Waals surface area (Å²) in [6.45, 7) is 2.66. The molecule has 5 nitrogen and oxygen atoms in total. The summed E-state index contributed by atoms with van der Waals surface area (Å²) in [4.78, 5) is 8.17. The molecule has 0 amide bonds. The number of nitrogens with two attached hydrogens (primary N) is 1. The molecule has 2 rings (SSSR count). The van der Waals surface area contributed by atoms with Crippen molar-refractivity contribution in [2.45, 2.75) is 13.5 Å². The van der Waals surface area contributed by atoms with Gasteiger partial charge in [-0.15, -0.1) is 0 Å². The van der Waals surface area contributed by atoms with Crippen LogP contribution >= 0.6 is 15.9 Å². The second-order valence-corrected chi connectivity index (χ2v) is 4.72. The molecule has 0 aliphatic heterocycles. The first-order chi connectivity index (χ1) is 9.58. The van der Waals surface area contributed by atoms with E-state index in [1.165, 1.54) is 12.1 Å². The molecule has 20 heavy (non-hydrogen) atoms. The molecule has 0 fully saturated rings. The van der Waals surface area contributed by atoms with Crippen molar-refractivity contribution in [1.29, 1.82) is 0 Å². The molecular formula is C13H13BrFN3O2. The minimum atomic E-state index is -0.418. The van der Waals surface area contributed by atoms with E-state index < -0.39 is 5.82 Å². The quantitative estimate of drug-likeness (QED) is 0.903. The zero-order valence-corrected chi connectivity index (χ0v) is 12.4. The molecule has 0 radical (unpaired) electrons. The van der Waals surface area contributed by atoms with Crippen molar-refractivity contribution in [2.75, 3.05) is 12.3 Å². The lowest BCUT2D eigenvalue weighted by Gasteiger charge is -2.08. The average Bonchev–Trinajstić information content (AvgIpc) is 2.40. The maximum Gasteiger partial charge on any atom is 0.224 e. The lowest BCUT2D eigenvalue weighted by Crippen LogP contribution is -2.03. The van der Waals surface area contributed by atoms with Gasteiger partial charge in [0.25, 0.3) is 0 Å². The van der Waals surface area contributed by atoms with Gasteiger partial charge in [0, 0.05) is 18.7 Å². The summed E-state index contributed by atoms with van der Waals surface area (Å²) < 4.78 is 24.4. The average molecular weight is 342 g/mol. The maximum absolute atomic E-state index is 13.4. The predicted molar refractivity (Wildman–Crippen MR) is 75.9 cm³/mol. The van der Waals surface area contributed by atoms with Crippen molar-refractivity contribution >= 4 is 21.7 Å². The topological polar surface area (TPSA) is 70.3 Å². The van der Waals surface area contributed by atoms with Crippen LogP contribution in [0.5, 0.6) is 11.6 Å². The van der Waals surface area contributed by atoms with Crippen LogP contribution in [0.4, 0.5) is 10.2 Å². The predicted octanol–water partition coefficient (Wildman–Crippen LogP) is 3.29. The van der Waals surface area contributed by atoms with E-state index in [9.17, 15) is 4.39 Å². The van der Waals surface area contributed by atoms with Gasteiger partial charge in [-0.25, -0.2) is 9.37 Å². The number of rotatable bonds is 5.